The lowest BCUT2D eigenvalue weighted by Gasteiger charge is -2.30. The molecular weight excluding hydrogens is 324 g/mol. The molecule has 5 heteroatoms. The van der Waals surface area contributed by atoms with E-state index in [0.717, 1.165) is 30.8 Å². The van der Waals surface area contributed by atoms with Gasteiger partial charge in [0, 0.05) is 31.2 Å². The maximum atomic E-state index is 12.6. The molecule has 0 bridgehead atoms. The first-order chi connectivity index (χ1) is 12.5. The zero-order valence-corrected chi connectivity index (χ0v) is 16.1. The SMILES string of the molecule is Cc1cccc(C(C)C)c1Nc1ncc(C(=O)N2CCCC(C)C2)cn1. The van der Waals surface area contributed by atoms with Crippen LogP contribution in [0.3, 0.4) is 0 Å². The van der Waals surface area contributed by atoms with Crippen molar-refractivity contribution in [1.82, 2.24) is 14.9 Å². The van der Waals surface area contributed by atoms with Crippen molar-refractivity contribution in [3.63, 3.8) is 0 Å². The summed E-state index contributed by atoms with van der Waals surface area (Å²) in [6.45, 7) is 10.2. The number of amides is 1. The number of hydrogen-bond donors (Lipinski definition) is 1. The van der Waals surface area contributed by atoms with Gasteiger partial charge in [0.25, 0.3) is 5.91 Å². The summed E-state index contributed by atoms with van der Waals surface area (Å²) < 4.78 is 0. The first-order valence-corrected chi connectivity index (χ1v) is 9.43. The van der Waals surface area contributed by atoms with E-state index in [1.807, 2.05) is 4.90 Å². The molecule has 26 heavy (non-hydrogen) atoms. The van der Waals surface area contributed by atoms with Crippen molar-refractivity contribution in [1.29, 1.82) is 0 Å². The molecule has 0 spiro atoms. The quantitative estimate of drug-likeness (QED) is 0.878. The molecule has 1 N–H and O–H groups in total. The highest BCUT2D eigenvalue weighted by Crippen LogP contribution is 2.29. The van der Waals surface area contributed by atoms with Crippen LogP contribution in [0.1, 0.15) is 61.0 Å². The molecule has 1 unspecified atom stereocenters. The summed E-state index contributed by atoms with van der Waals surface area (Å²) in [6.07, 6.45) is 5.52. The zero-order valence-electron chi connectivity index (χ0n) is 16.1. The van der Waals surface area contributed by atoms with Crippen LogP contribution in [0, 0.1) is 12.8 Å². The third kappa shape index (κ3) is 4.03. The van der Waals surface area contributed by atoms with Gasteiger partial charge >= 0.3 is 0 Å². The van der Waals surface area contributed by atoms with Crippen molar-refractivity contribution in [2.24, 2.45) is 5.92 Å². The van der Waals surface area contributed by atoms with Gasteiger partial charge in [-0.1, -0.05) is 39.0 Å². The van der Waals surface area contributed by atoms with E-state index in [4.69, 9.17) is 0 Å². The summed E-state index contributed by atoms with van der Waals surface area (Å²) in [7, 11) is 0. The van der Waals surface area contributed by atoms with Crippen LogP contribution in [0.4, 0.5) is 11.6 Å². The fourth-order valence-electron chi connectivity index (χ4n) is 3.51. The molecule has 0 aliphatic carbocycles. The first-order valence-electron chi connectivity index (χ1n) is 9.43. The Kier molecular flexibility index (Phi) is 5.55. The van der Waals surface area contributed by atoms with Crippen LogP contribution in [0.2, 0.25) is 0 Å². The molecule has 5 nitrogen and oxygen atoms in total. The number of nitrogens with zero attached hydrogens (tertiary/aromatic N) is 3. The predicted molar refractivity (Wildman–Crippen MR) is 105 cm³/mol. The number of hydrogen-bond acceptors (Lipinski definition) is 4. The molecule has 1 aromatic heterocycles. The van der Waals surface area contributed by atoms with E-state index in [1.54, 1.807) is 12.4 Å². The Balaban J connectivity index is 1.75. The van der Waals surface area contributed by atoms with E-state index in [9.17, 15) is 4.79 Å². The van der Waals surface area contributed by atoms with Crippen LogP contribution in [0.15, 0.2) is 30.6 Å². The van der Waals surface area contributed by atoms with Gasteiger partial charge in [0.15, 0.2) is 0 Å². The highest BCUT2D eigenvalue weighted by Gasteiger charge is 2.22. The fourth-order valence-corrected chi connectivity index (χ4v) is 3.51. The molecule has 2 aromatic rings. The lowest BCUT2D eigenvalue weighted by molar-refractivity contribution is 0.0682. The molecule has 2 heterocycles. The number of benzene rings is 1. The number of likely N-dealkylation sites (tertiary alicyclic amines) is 1. The van der Waals surface area contributed by atoms with Gasteiger partial charge in [-0.05, 0) is 42.7 Å². The number of aromatic nitrogens is 2. The van der Waals surface area contributed by atoms with Crippen molar-refractivity contribution < 1.29 is 4.79 Å². The summed E-state index contributed by atoms with van der Waals surface area (Å²) in [6, 6.07) is 6.26. The number of anilines is 2. The van der Waals surface area contributed by atoms with Crippen molar-refractivity contribution in [3.8, 4) is 0 Å². The fraction of sp³-hybridized carbons (Fsp3) is 0.476. The second-order valence-electron chi connectivity index (χ2n) is 7.61. The Morgan fingerprint density at radius 2 is 2.00 bits per heavy atom. The number of nitrogens with one attached hydrogen (secondary N) is 1. The topological polar surface area (TPSA) is 58.1 Å². The third-order valence-corrected chi connectivity index (χ3v) is 5.01. The average Bonchev–Trinajstić information content (AvgIpc) is 2.63. The van der Waals surface area contributed by atoms with Gasteiger partial charge in [-0.2, -0.15) is 0 Å². The summed E-state index contributed by atoms with van der Waals surface area (Å²) in [5, 5.41) is 3.33. The average molecular weight is 352 g/mol. The predicted octanol–water partition coefficient (Wildman–Crippen LogP) is 4.52. The molecule has 1 aliphatic heterocycles. The highest BCUT2D eigenvalue weighted by molar-refractivity contribution is 5.93. The van der Waals surface area contributed by atoms with Crippen LogP contribution in [-0.4, -0.2) is 33.9 Å². The van der Waals surface area contributed by atoms with Gasteiger partial charge in [-0.25, -0.2) is 9.97 Å². The van der Waals surface area contributed by atoms with E-state index in [1.165, 1.54) is 12.0 Å². The maximum Gasteiger partial charge on any atom is 0.257 e. The van der Waals surface area contributed by atoms with E-state index in [2.05, 4.69) is 61.2 Å². The lowest BCUT2D eigenvalue weighted by atomic mass is 9.98. The molecule has 0 radical (unpaired) electrons. The van der Waals surface area contributed by atoms with Crippen molar-refractivity contribution in [3.05, 3.63) is 47.3 Å². The Labute approximate surface area is 155 Å². The molecule has 1 atom stereocenters. The largest absolute Gasteiger partial charge is 0.338 e. The van der Waals surface area contributed by atoms with E-state index >= 15 is 0 Å². The molecule has 138 valence electrons. The van der Waals surface area contributed by atoms with E-state index in [0.29, 0.717) is 23.3 Å². The standard InChI is InChI=1S/C21H28N4O/c1-14(2)18-9-5-8-16(4)19(18)24-21-22-11-17(12-23-21)20(26)25-10-6-7-15(3)13-25/h5,8-9,11-12,14-15H,6-7,10,13H2,1-4H3,(H,22,23,24). The Morgan fingerprint density at radius 3 is 2.65 bits per heavy atom. The van der Waals surface area contributed by atoms with Gasteiger partial charge in [0.1, 0.15) is 0 Å². The summed E-state index contributed by atoms with van der Waals surface area (Å²) >= 11 is 0. The zero-order chi connectivity index (χ0) is 18.7. The van der Waals surface area contributed by atoms with Gasteiger partial charge in [-0.15, -0.1) is 0 Å². The van der Waals surface area contributed by atoms with Crippen LogP contribution in [0.5, 0.6) is 0 Å². The smallest absolute Gasteiger partial charge is 0.257 e. The van der Waals surface area contributed by atoms with Crippen LogP contribution < -0.4 is 5.32 Å². The Morgan fingerprint density at radius 1 is 1.27 bits per heavy atom. The number of carbonyl (C=O) groups excluding carboxylic acids is 1. The van der Waals surface area contributed by atoms with Gasteiger partial charge in [0.2, 0.25) is 5.95 Å². The van der Waals surface area contributed by atoms with E-state index in [-0.39, 0.29) is 5.91 Å². The van der Waals surface area contributed by atoms with E-state index < -0.39 is 0 Å². The normalized spacial score (nSPS) is 17.4. The summed E-state index contributed by atoms with van der Waals surface area (Å²) in [5.41, 5.74) is 3.99. The van der Waals surface area contributed by atoms with Crippen LogP contribution in [0.25, 0.3) is 0 Å². The van der Waals surface area contributed by atoms with Gasteiger partial charge in [-0.3, -0.25) is 4.79 Å². The number of piperidine rings is 1. The summed E-state index contributed by atoms with van der Waals surface area (Å²) in [4.78, 5) is 23.3. The monoisotopic (exact) mass is 352 g/mol. The Bertz CT molecular complexity index is 770. The summed E-state index contributed by atoms with van der Waals surface area (Å²) in [5.74, 6) is 1.51. The minimum Gasteiger partial charge on any atom is -0.338 e. The van der Waals surface area contributed by atoms with Crippen LogP contribution in [-0.2, 0) is 0 Å². The Hall–Kier alpha value is -2.43. The second-order valence-corrected chi connectivity index (χ2v) is 7.61. The molecule has 3 rings (SSSR count). The lowest BCUT2D eigenvalue weighted by Crippen LogP contribution is -2.39. The minimum absolute atomic E-state index is 0.0295. The third-order valence-electron chi connectivity index (χ3n) is 5.01. The van der Waals surface area contributed by atoms with Gasteiger partial charge < -0.3 is 10.2 Å². The molecule has 1 fully saturated rings. The van der Waals surface area contributed by atoms with Crippen molar-refractivity contribution in [2.75, 3.05) is 18.4 Å². The minimum atomic E-state index is 0.0295. The molecular formula is C21H28N4O. The molecule has 1 amide bonds. The second kappa shape index (κ2) is 7.85. The molecule has 1 aliphatic rings. The number of aryl methyl sites for hydroxylation is 1. The van der Waals surface area contributed by atoms with Gasteiger partial charge in [0.05, 0.1) is 5.56 Å². The molecule has 1 aromatic carbocycles. The van der Waals surface area contributed by atoms with Crippen LogP contribution >= 0.6 is 0 Å². The molecule has 1 saturated heterocycles. The first kappa shape index (κ1) is 18.4. The highest BCUT2D eigenvalue weighted by atomic mass is 16.2. The molecule has 0 saturated carbocycles. The van der Waals surface area contributed by atoms with Crippen molar-refractivity contribution >= 4 is 17.5 Å². The number of rotatable bonds is 4. The number of carbonyl (C=O) groups is 1. The van der Waals surface area contributed by atoms with Crippen molar-refractivity contribution in [2.45, 2.75) is 46.5 Å². The number of para-hydroxylation sites is 1. The maximum absolute atomic E-state index is 12.6.